The maximum Gasteiger partial charge on any atom is 0.228 e. The molecule has 0 aliphatic rings. The van der Waals surface area contributed by atoms with Gasteiger partial charge in [-0.1, -0.05) is 0 Å². The van der Waals surface area contributed by atoms with Crippen molar-refractivity contribution < 1.29 is 9.21 Å². The van der Waals surface area contributed by atoms with Gasteiger partial charge >= 0.3 is 0 Å². The lowest BCUT2D eigenvalue weighted by molar-refractivity contribution is -0.133. The molecule has 2 aromatic heterocycles. The molecule has 102 valence electrons. The lowest BCUT2D eigenvalue weighted by Crippen LogP contribution is -2.43. The van der Waals surface area contributed by atoms with Gasteiger partial charge in [-0.2, -0.15) is 0 Å². The van der Waals surface area contributed by atoms with Gasteiger partial charge in [0.15, 0.2) is 0 Å². The Morgan fingerprint density at radius 2 is 2.21 bits per heavy atom. The zero-order chi connectivity index (χ0) is 14.0. The molecule has 2 aromatic rings. The van der Waals surface area contributed by atoms with Gasteiger partial charge in [-0.3, -0.25) is 4.79 Å². The van der Waals surface area contributed by atoms with Crippen LogP contribution in [0.4, 0.5) is 0 Å². The van der Waals surface area contributed by atoms with Crippen molar-refractivity contribution in [3.05, 3.63) is 29.7 Å². The second-order valence-electron chi connectivity index (χ2n) is 5.46. The molecule has 0 aromatic carbocycles. The van der Waals surface area contributed by atoms with Crippen LogP contribution in [0.5, 0.6) is 0 Å². The Morgan fingerprint density at radius 3 is 2.79 bits per heavy atom. The number of nitrogens with zero attached hydrogens (tertiary/aromatic N) is 2. The largest absolute Gasteiger partial charge is 0.472 e. The number of carbonyl (C=O) groups excluding carboxylic acids is 1. The van der Waals surface area contributed by atoms with Gasteiger partial charge in [0.1, 0.15) is 11.3 Å². The van der Waals surface area contributed by atoms with Gasteiger partial charge < -0.3 is 9.32 Å². The number of hydrogen-bond donors (Lipinski definition) is 0. The van der Waals surface area contributed by atoms with Crippen LogP contribution in [0.15, 0.2) is 28.4 Å². The molecule has 0 bridgehead atoms. The smallest absolute Gasteiger partial charge is 0.228 e. The van der Waals surface area contributed by atoms with Crippen LogP contribution in [-0.4, -0.2) is 28.4 Å². The monoisotopic (exact) mass is 278 g/mol. The Kier molecular flexibility index (Phi) is 3.75. The lowest BCUT2D eigenvalue weighted by Gasteiger charge is -2.31. The molecule has 0 saturated carbocycles. The zero-order valence-corrected chi connectivity index (χ0v) is 12.5. The third-order valence-corrected chi connectivity index (χ3v) is 3.97. The summed E-state index contributed by atoms with van der Waals surface area (Å²) < 4.78 is 5.03. The van der Waals surface area contributed by atoms with Crippen molar-refractivity contribution in [3.63, 3.8) is 0 Å². The summed E-state index contributed by atoms with van der Waals surface area (Å²) in [5, 5.41) is 2.81. The average Bonchev–Trinajstić information content (AvgIpc) is 2.95. The van der Waals surface area contributed by atoms with E-state index in [1.807, 2.05) is 39.3 Å². The summed E-state index contributed by atoms with van der Waals surface area (Å²) in [6, 6.07) is 1.87. The molecule has 0 atom stereocenters. The van der Waals surface area contributed by atoms with Crippen LogP contribution in [0.25, 0.3) is 10.6 Å². The SMILES string of the molecule is CN(C(=O)Cc1csc(-c2ccoc2)n1)C(C)(C)C. The molecular formula is C14H18N2O2S. The molecule has 0 aliphatic carbocycles. The van der Waals surface area contributed by atoms with Gasteiger partial charge in [-0.25, -0.2) is 4.98 Å². The van der Waals surface area contributed by atoms with Crippen LogP contribution >= 0.6 is 11.3 Å². The molecule has 4 nitrogen and oxygen atoms in total. The summed E-state index contributed by atoms with van der Waals surface area (Å²) >= 11 is 1.53. The molecule has 5 heteroatoms. The van der Waals surface area contributed by atoms with E-state index < -0.39 is 0 Å². The minimum Gasteiger partial charge on any atom is -0.472 e. The van der Waals surface area contributed by atoms with E-state index in [9.17, 15) is 4.79 Å². The molecular weight excluding hydrogens is 260 g/mol. The molecule has 19 heavy (non-hydrogen) atoms. The molecule has 1 amide bonds. The topological polar surface area (TPSA) is 46.3 Å². The van der Waals surface area contributed by atoms with E-state index >= 15 is 0 Å². The number of aromatic nitrogens is 1. The molecule has 2 heterocycles. The summed E-state index contributed by atoms with van der Waals surface area (Å²) in [5.74, 6) is 0.0801. The number of rotatable bonds is 3. The summed E-state index contributed by atoms with van der Waals surface area (Å²) in [6.45, 7) is 6.05. The van der Waals surface area contributed by atoms with E-state index in [1.165, 1.54) is 11.3 Å². The average molecular weight is 278 g/mol. The molecule has 0 N–H and O–H groups in total. The molecule has 0 aliphatic heterocycles. The molecule has 0 saturated heterocycles. The van der Waals surface area contributed by atoms with Crippen molar-refractivity contribution in [1.82, 2.24) is 9.88 Å². The fraction of sp³-hybridized carbons (Fsp3) is 0.429. The summed E-state index contributed by atoms with van der Waals surface area (Å²) in [4.78, 5) is 18.3. The highest BCUT2D eigenvalue weighted by Gasteiger charge is 2.23. The molecule has 0 unspecified atom stereocenters. The highest BCUT2D eigenvalue weighted by molar-refractivity contribution is 7.13. The first-order valence-corrected chi connectivity index (χ1v) is 6.99. The number of likely N-dealkylation sites (N-methyl/N-ethyl adjacent to an activating group) is 1. The first-order valence-electron chi connectivity index (χ1n) is 6.11. The van der Waals surface area contributed by atoms with Crippen molar-refractivity contribution in [1.29, 1.82) is 0 Å². The second-order valence-corrected chi connectivity index (χ2v) is 6.31. The first kappa shape index (κ1) is 13.8. The maximum absolute atomic E-state index is 12.1. The Hall–Kier alpha value is -1.62. The van der Waals surface area contributed by atoms with Crippen LogP contribution in [-0.2, 0) is 11.2 Å². The summed E-state index contributed by atoms with van der Waals surface area (Å²) in [5.41, 5.74) is 1.59. The Morgan fingerprint density at radius 1 is 1.47 bits per heavy atom. The van der Waals surface area contributed by atoms with Crippen LogP contribution in [0, 0.1) is 0 Å². The quantitative estimate of drug-likeness (QED) is 0.866. The third kappa shape index (κ3) is 3.23. The zero-order valence-electron chi connectivity index (χ0n) is 11.6. The van der Waals surface area contributed by atoms with Gasteiger partial charge in [-0.15, -0.1) is 11.3 Å². The number of amides is 1. The van der Waals surface area contributed by atoms with Crippen molar-refractivity contribution in [2.45, 2.75) is 32.7 Å². The Bertz CT molecular complexity index is 552. The van der Waals surface area contributed by atoms with Crippen LogP contribution < -0.4 is 0 Å². The third-order valence-electron chi connectivity index (χ3n) is 3.03. The summed E-state index contributed by atoms with van der Waals surface area (Å²) in [6.07, 6.45) is 3.61. The first-order chi connectivity index (χ1) is 8.88. The van der Waals surface area contributed by atoms with E-state index in [4.69, 9.17) is 4.42 Å². The minimum atomic E-state index is -0.166. The van der Waals surface area contributed by atoms with Gasteiger partial charge in [0.05, 0.1) is 18.4 Å². The number of thiazole rings is 1. The van der Waals surface area contributed by atoms with Crippen molar-refractivity contribution in [2.75, 3.05) is 7.05 Å². The predicted molar refractivity (Wildman–Crippen MR) is 76.0 cm³/mol. The van der Waals surface area contributed by atoms with E-state index in [0.717, 1.165) is 16.3 Å². The highest BCUT2D eigenvalue weighted by Crippen LogP contribution is 2.24. The second kappa shape index (κ2) is 5.17. The fourth-order valence-electron chi connectivity index (χ4n) is 1.55. The van der Waals surface area contributed by atoms with E-state index in [-0.39, 0.29) is 11.4 Å². The van der Waals surface area contributed by atoms with Crippen LogP contribution in [0.2, 0.25) is 0 Å². The fourth-order valence-corrected chi connectivity index (χ4v) is 2.36. The number of carbonyl (C=O) groups is 1. The van der Waals surface area contributed by atoms with Gasteiger partial charge in [0.25, 0.3) is 0 Å². The Labute approximate surface area is 117 Å². The molecule has 0 radical (unpaired) electrons. The minimum absolute atomic E-state index is 0.0801. The van der Waals surface area contributed by atoms with Gasteiger partial charge in [0, 0.05) is 23.5 Å². The normalized spacial score (nSPS) is 11.6. The number of hydrogen-bond acceptors (Lipinski definition) is 4. The number of furan rings is 1. The molecule has 0 fully saturated rings. The lowest BCUT2D eigenvalue weighted by atomic mass is 10.1. The van der Waals surface area contributed by atoms with Crippen LogP contribution in [0.3, 0.4) is 0 Å². The molecule has 2 rings (SSSR count). The molecule has 0 spiro atoms. The van der Waals surface area contributed by atoms with E-state index in [1.54, 1.807) is 17.4 Å². The van der Waals surface area contributed by atoms with Crippen molar-refractivity contribution >= 4 is 17.2 Å². The van der Waals surface area contributed by atoms with Crippen molar-refractivity contribution in [2.24, 2.45) is 0 Å². The highest BCUT2D eigenvalue weighted by atomic mass is 32.1. The maximum atomic E-state index is 12.1. The van der Waals surface area contributed by atoms with E-state index in [0.29, 0.717) is 6.42 Å². The van der Waals surface area contributed by atoms with Crippen LogP contribution in [0.1, 0.15) is 26.5 Å². The van der Waals surface area contributed by atoms with E-state index in [2.05, 4.69) is 4.98 Å². The Balaban J connectivity index is 2.07. The van der Waals surface area contributed by atoms with Crippen molar-refractivity contribution in [3.8, 4) is 10.6 Å². The summed E-state index contributed by atoms with van der Waals surface area (Å²) in [7, 11) is 1.83. The van der Waals surface area contributed by atoms with Gasteiger partial charge in [-0.05, 0) is 26.8 Å². The van der Waals surface area contributed by atoms with Gasteiger partial charge in [0.2, 0.25) is 5.91 Å². The predicted octanol–water partition coefficient (Wildman–Crippen LogP) is 3.20. The standard InChI is InChI=1S/C14H18N2O2S/c1-14(2,3)16(4)12(17)7-11-9-19-13(15-11)10-5-6-18-8-10/h5-6,8-9H,7H2,1-4H3.